The number of nitrogens with zero attached hydrogens (tertiary/aromatic N) is 3. The van der Waals surface area contributed by atoms with Gasteiger partial charge in [0.05, 0.1) is 6.54 Å². The number of hydrogen-bond donors (Lipinski definition) is 1. The van der Waals surface area contributed by atoms with Crippen molar-refractivity contribution < 1.29 is 31.8 Å². The number of benzene rings is 2. The highest BCUT2D eigenvalue weighted by Crippen LogP contribution is 2.42. The van der Waals surface area contributed by atoms with E-state index in [1.165, 1.54) is 35.5 Å². The Bertz CT molecular complexity index is 1340. The Morgan fingerprint density at radius 1 is 1.12 bits per heavy atom. The molecule has 0 radical (unpaired) electrons. The molecule has 1 aromatic heterocycles. The number of allylic oxidation sites excluding steroid dienone is 3. The van der Waals surface area contributed by atoms with Crippen LogP contribution >= 0.6 is 11.8 Å². The lowest BCUT2D eigenvalue weighted by molar-refractivity contribution is -0.274. The summed E-state index contributed by atoms with van der Waals surface area (Å²) >= 11 is 1.60. The Labute approximate surface area is 240 Å². The summed E-state index contributed by atoms with van der Waals surface area (Å²) in [6.45, 7) is 3.82. The SMILES string of the molecule is CC(/C=C/c1ccc(OC(F)(F)F)cc1)=C\C1CCC(SC(C)C(O)(Cn2cncn2)c2ccc(F)cc2F)CC1. The van der Waals surface area contributed by atoms with Gasteiger partial charge >= 0.3 is 6.36 Å². The van der Waals surface area contributed by atoms with E-state index in [0.717, 1.165) is 49.0 Å². The maximum Gasteiger partial charge on any atom is 0.573 e. The fraction of sp³-hybridized carbons (Fsp3) is 0.400. The van der Waals surface area contributed by atoms with Crippen LogP contribution in [-0.4, -0.2) is 36.7 Å². The van der Waals surface area contributed by atoms with Gasteiger partial charge in [-0.25, -0.2) is 18.4 Å². The molecule has 2 unspecified atom stereocenters. The van der Waals surface area contributed by atoms with Crippen molar-refractivity contribution in [3.63, 3.8) is 0 Å². The highest BCUT2D eigenvalue weighted by atomic mass is 32.2. The van der Waals surface area contributed by atoms with Crippen LogP contribution in [0.3, 0.4) is 0 Å². The van der Waals surface area contributed by atoms with Gasteiger partial charge in [0.25, 0.3) is 0 Å². The van der Waals surface area contributed by atoms with E-state index in [2.05, 4.69) is 20.9 Å². The van der Waals surface area contributed by atoms with Gasteiger partial charge in [-0.05, 0) is 62.3 Å². The van der Waals surface area contributed by atoms with E-state index < -0.39 is 28.8 Å². The minimum atomic E-state index is -4.72. The zero-order chi connectivity index (χ0) is 29.6. The van der Waals surface area contributed by atoms with Crippen LogP contribution in [0.4, 0.5) is 22.0 Å². The molecule has 41 heavy (non-hydrogen) atoms. The van der Waals surface area contributed by atoms with Crippen molar-refractivity contribution in [1.82, 2.24) is 14.8 Å². The molecular weight excluding hydrogens is 561 g/mol. The molecule has 1 aliphatic carbocycles. The predicted molar refractivity (Wildman–Crippen MR) is 149 cm³/mol. The van der Waals surface area contributed by atoms with Crippen molar-refractivity contribution in [1.29, 1.82) is 0 Å². The van der Waals surface area contributed by atoms with Crippen molar-refractivity contribution in [2.24, 2.45) is 5.92 Å². The number of aromatic nitrogens is 3. The first-order valence-electron chi connectivity index (χ1n) is 13.3. The van der Waals surface area contributed by atoms with Gasteiger partial charge in [-0.1, -0.05) is 48.9 Å². The van der Waals surface area contributed by atoms with Crippen LogP contribution in [0.5, 0.6) is 5.75 Å². The Morgan fingerprint density at radius 2 is 1.83 bits per heavy atom. The Kier molecular flexibility index (Phi) is 9.91. The fourth-order valence-electron chi connectivity index (χ4n) is 5.06. The van der Waals surface area contributed by atoms with Gasteiger partial charge in [0.15, 0.2) is 0 Å². The quantitative estimate of drug-likeness (QED) is 0.193. The molecule has 0 bridgehead atoms. The van der Waals surface area contributed by atoms with E-state index in [1.54, 1.807) is 23.9 Å². The van der Waals surface area contributed by atoms with Gasteiger partial charge < -0.3 is 9.84 Å². The summed E-state index contributed by atoms with van der Waals surface area (Å²) in [4.78, 5) is 3.92. The average molecular weight is 594 g/mol. The fourth-order valence-corrected chi connectivity index (χ4v) is 6.61. The van der Waals surface area contributed by atoms with Crippen LogP contribution in [0.15, 0.2) is 72.8 Å². The van der Waals surface area contributed by atoms with Gasteiger partial charge in [0.2, 0.25) is 0 Å². The van der Waals surface area contributed by atoms with E-state index >= 15 is 0 Å². The van der Waals surface area contributed by atoms with E-state index in [0.29, 0.717) is 5.92 Å². The van der Waals surface area contributed by atoms with Crippen LogP contribution in [0, 0.1) is 17.6 Å². The molecule has 3 aromatic rings. The first-order valence-corrected chi connectivity index (χ1v) is 14.2. The molecule has 0 amide bonds. The molecule has 1 aliphatic rings. The van der Waals surface area contributed by atoms with Crippen molar-refractivity contribution in [3.8, 4) is 5.75 Å². The molecule has 220 valence electrons. The Hall–Kier alpha value is -3.18. The maximum absolute atomic E-state index is 14.8. The summed E-state index contributed by atoms with van der Waals surface area (Å²) in [6, 6.07) is 8.92. The highest BCUT2D eigenvalue weighted by Gasteiger charge is 2.41. The molecule has 4 rings (SSSR count). The van der Waals surface area contributed by atoms with Crippen LogP contribution in [-0.2, 0) is 12.1 Å². The first kappa shape index (κ1) is 30.8. The second-order valence-electron chi connectivity index (χ2n) is 10.3. The summed E-state index contributed by atoms with van der Waals surface area (Å²) < 4.78 is 70.8. The van der Waals surface area contributed by atoms with Crippen molar-refractivity contribution in [2.75, 3.05) is 0 Å². The molecule has 1 heterocycles. The molecule has 11 heteroatoms. The number of halogens is 5. The second kappa shape index (κ2) is 13.2. The van der Waals surface area contributed by atoms with Gasteiger partial charge in [-0.3, -0.25) is 0 Å². The molecule has 2 aromatic carbocycles. The molecule has 0 spiro atoms. The number of rotatable bonds is 10. The largest absolute Gasteiger partial charge is 0.573 e. The average Bonchev–Trinajstić information content (AvgIpc) is 3.41. The Morgan fingerprint density at radius 3 is 2.44 bits per heavy atom. The molecule has 1 N–H and O–H groups in total. The monoisotopic (exact) mass is 593 g/mol. The van der Waals surface area contributed by atoms with Crippen LogP contribution in [0.1, 0.15) is 50.7 Å². The lowest BCUT2D eigenvalue weighted by Gasteiger charge is -2.37. The van der Waals surface area contributed by atoms with Gasteiger partial charge in [0.1, 0.15) is 35.6 Å². The molecule has 1 saturated carbocycles. The normalized spacial score (nSPS) is 20.6. The van der Waals surface area contributed by atoms with E-state index in [4.69, 9.17) is 0 Å². The maximum atomic E-state index is 14.8. The Balaban J connectivity index is 1.34. The molecule has 0 aliphatic heterocycles. The van der Waals surface area contributed by atoms with Crippen LogP contribution < -0.4 is 4.74 Å². The first-order chi connectivity index (χ1) is 19.4. The van der Waals surface area contributed by atoms with Gasteiger partial charge in [-0.15, -0.1) is 13.2 Å². The summed E-state index contributed by atoms with van der Waals surface area (Å²) in [5.41, 5.74) is 0.207. The molecule has 0 saturated heterocycles. The number of alkyl halides is 3. The zero-order valence-electron chi connectivity index (χ0n) is 22.7. The van der Waals surface area contributed by atoms with Crippen LogP contribution in [0.25, 0.3) is 6.08 Å². The van der Waals surface area contributed by atoms with E-state index in [9.17, 15) is 27.1 Å². The lowest BCUT2D eigenvalue weighted by Crippen LogP contribution is -2.42. The van der Waals surface area contributed by atoms with Crippen molar-refractivity contribution in [3.05, 3.63) is 95.6 Å². The number of thioether (sulfide) groups is 1. The smallest absolute Gasteiger partial charge is 0.406 e. The summed E-state index contributed by atoms with van der Waals surface area (Å²) in [5.74, 6) is -1.40. The molecule has 2 atom stereocenters. The van der Waals surface area contributed by atoms with Gasteiger partial charge in [0, 0.05) is 22.1 Å². The van der Waals surface area contributed by atoms with Crippen molar-refractivity contribution in [2.45, 2.75) is 68.5 Å². The highest BCUT2D eigenvalue weighted by molar-refractivity contribution is 8.00. The van der Waals surface area contributed by atoms with Gasteiger partial charge in [-0.2, -0.15) is 16.9 Å². The molecule has 5 nitrogen and oxygen atoms in total. The predicted octanol–water partition coefficient (Wildman–Crippen LogP) is 7.68. The third-order valence-corrected chi connectivity index (χ3v) is 8.86. The van der Waals surface area contributed by atoms with E-state index in [-0.39, 0.29) is 23.1 Å². The summed E-state index contributed by atoms with van der Waals surface area (Å²) in [7, 11) is 0. The standard InChI is InChI=1S/C30H32F5N3O2S/c1-20(3-4-22-5-10-25(11-6-22)40-30(33,34)35)15-23-7-12-26(13-8-23)41-21(2)29(39,17-38-19-36-18-37-38)27-14-9-24(31)16-28(27)32/h3-6,9-11,14-16,18-19,21,23,26,39H,7-8,12-13,17H2,1-2H3/b4-3+,20-15+. The molecule has 1 fully saturated rings. The number of ether oxygens (including phenoxy) is 1. The number of aliphatic hydroxyl groups is 1. The van der Waals surface area contributed by atoms with Crippen LogP contribution in [0.2, 0.25) is 0 Å². The summed E-state index contributed by atoms with van der Waals surface area (Å²) in [6.07, 6.45) is 7.79. The minimum absolute atomic E-state index is 0.0224. The summed E-state index contributed by atoms with van der Waals surface area (Å²) in [5, 5.41) is 15.7. The van der Waals surface area contributed by atoms with Crippen molar-refractivity contribution >= 4 is 17.8 Å². The third kappa shape index (κ3) is 8.65. The number of hydrogen-bond acceptors (Lipinski definition) is 5. The van der Waals surface area contributed by atoms with E-state index in [1.807, 2.05) is 26.0 Å². The lowest BCUT2D eigenvalue weighted by atomic mass is 9.87. The molecular formula is C30H32F5N3O2S. The third-order valence-electron chi connectivity index (χ3n) is 7.21. The zero-order valence-corrected chi connectivity index (χ0v) is 23.5. The second-order valence-corrected chi connectivity index (χ2v) is 12.0. The minimum Gasteiger partial charge on any atom is -0.406 e. The topological polar surface area (TPSA) is 60.2 Å².